The summed E-state index contributed by atoms with van der Waals surface area (Å²) in [5, 5.41) is 8.67. The molecule has 0 saturated carbocycles. The van der Waals surface area contributed by atoms with Crippen molar-refractivity contribution in [1.82, 2.24) is 4.90 Å². The summed E-state index contributed by atoms with van der Waals surface area (Å²) in [6.45, 7) is 1.72. The molecule has 5 nitrogen and oxygen atoms in total. The molecular weight excluding hydrogens is 264 g/mol. The summed E-state index contributed by atoms with van der Waals surface area (Å²) in [6, 6.07) is 7.94. The molecule has 6 heteroatoms. The van der Waals surface area contributed by atoms with Gasteiger partial charge in [-0.05, 0) is 31.3 Å². The van der Waals surface area contributed by atoms with Gasteiger partial charge in [0.1, 0.15) is 0 Å². The SMILES string of the molecule is COCCN(C)CCS(=O)(=O)c1ccc(C#N)cc1. The lowest BCUT2D eigenvalue weighted by Crippen LogP contribution is -2.28. The Hall–Kier alpha value is -1.42. The van der Waals surface area contributed by atoms with Crippen LogP contribution in [0.3, 0.4) is 0 Å². The molecule has 0 aromatic heterocycles. The van der Waals surface area contributed by atoms with E-state index in [0.717, 1.165) is 0 Å². The topological polar surface area (TPSA) is 70.4 Å². The van der Waals surface area contributed by atoms with E-state index in [2.05, 4.69) is 0 Å². The number of sulfone groups is 1. The Bertz CT molecular complexity index is 532. The number of rotatable bonds is 7. The fourth-order valence-corrected chi connectivity index (χ4v) is 2.83. The molecule has 0 aliphatic rings. The first-order chi connectivity index (χ1) is 8.99. The molecule has 0 saturated heterocycles. The lowest BCUT2D eigenvalue weighted by atomic mass is 10.2. The van der Waals surface area contributed by atoms with Gasteiger partial charge in [0.05, 0.1) is 28.9 Å². The second-order valence-corrected chi connectivity index (χ2v) is 6.36. The van der Waals surface area contributed by atoms with Crippen molar-refractivity contribution in [3.05, 3.63) is 29.8 Å². The minimum atomic E-state index is -3.30. The van der Waals surface area contributed by atoms with Gasteiger partial charge in [-0.1, -0.05) is 0 Å². The summed E-state index contributed by atoms with van der Waals surface area (Å²) in [5.74, 6) is 0.0547. The number of methoxy groups -OCH3 is 1. The molecule has 0 aliphatic heterocycles. The highest BCUT2D eigenvalue weighted by molar-refractivity contribution is 7.91. The van der Waals surface area contributed by atoms with Gasteiger partial charge in [0.25, 0.3) is 0 Å². The van der Waals surface area contributed by atoms with Gasteiger partial charge in [0.2, 0.25) is 0 Å². The fraction of sp³-hybridized carbons (Fsp3) is 0.462. The average molecular weight is 282 g/mol. The second kappa shape index (κ2) is 7.24. The van der Waals surface area contributed by atoms with Crippen LogP contribution >= 0.6 is 0 Å². The predicted octanol–water partition coefficient (Wildman–Crippen LogP) is 0.910. The number of likely N-dealkylation sites (N-methyl/N-ethyl adjacent to an activating group) is 1. The second-order valence-electron chi connectivity index (χ2n) is 4.25. The van der Waals surface area contributed by atoms with Gasteiger partial charge < -0.3 is 9.64 Å². The molecule has 0 atom stereocenters. The number of benzene rings is 1. The Morgan fingerprint density at radius 1 is 1.26 bits per heavy atom. The number of nitriles is 1. The lowest BCUT2D eigenvalue weighted by Gasteiger charge is -2.15. The van der Waals surface area contributed by atoms with E-state index >= 15 is 0 Å². The highest BCUT2D eigenvalue weighted by atomic mass is 32.2. The van der Waals surface area contributed by atoms with Gasteiger partial charge in [0, 0.05) is 20.2 Å². The first-order valence-electron chi connectivity index (χ1n) is 5.90. The first-order valence-corrected chi connectivity index (χ1v) is 7.55. The van der Waals surface area contributed by atoms with E-state index in [1.165, 1.54) is 24.3 Å². The van der Waals surface area contributed by atoms with Gasteiger partial charge in [-0.3, -0.25) is 0 Å². The quantitative estimate of drug-likeness (QED) is 0.743. The molecule has 0 unspecified atom stereocenters. The van der Waals surface area contributed by atoms with E-state index in [4.69, 9.17) is 10.00 Å². The summed E-state index contributed by atoms with van der Waals surface area (Å²) >= 11 is 0. The largest absolute Gasteiger partial charge is 0.383 e. The normalized spacial score (nSPS) is 11.5. The summed E-state index contributed by atoms with van der Waals surface area (Å²) < 4.78 is 29.1. The molecule has 0 fully saturated rings. The van der Waals surface area contributed by atoms with Crippen molar-refractivity contribution >= 4 is 9.84 Å². The van der Waals surface area contributed by atoms with Crippen LogP contribution < -0.4 is 0 Å². The van der Waals surface area contributed by atoms with E-state index in [9.17, 15) is 8.42 Å². The zero-order valence-corrected chi connectivity index (χ0v) is 12.0. The molecule has 0 amide bonds. The van der Waals surface area contributed by atoms with E-state index in [0.29, 0.717) is 25.3 Å². The van der Waals surface area contributed by atoms with Crippen LogP contribution in [0.5, 0.6) is 0 Å². The van der Waals surface area contributed by atoms with E-state index < -0.39 is 9.84 Å². The molecule has 1 rings (SSSR count). The Labute approximate surface area is 114 Å². The summed E-state index contributed by atoms with van der Waals surface area (Å²) in [4.78, 5) is 2.16. The Kier molecular flexibility index (Phi) is 5.96. The third-order valence-corrected chi connectivity index (χ3v) is 4.47. The van der Waals surface area contributed by atoms with Crippen molar-refractivity contribution in [3.63, 3.8) is 0 Å². The summed E-state index contributed by atoms with van der Waals surface area (Å²) in [7, 11) is 0.170. The van der Waals surface area contributed by atoms with Crippen LogP contribution in [0.25, 0.3) is 0 Å². The monoisotopic (exact) mass is 282 g/mol. The van der Waals surface area contributed by atoms with Crippen LogP contribution in [-0.4, -0.2) is 52.9 Å². The highest BCUT2D eigenvalue weighted by Gasteiger charge is 2.15. The number of hydrogen-bond donors (Lipinski definition) is 0. The Balaban J connectivity index is 2.63. The molecular formula is C13H18N2O3S. The predicted molar refractivity (Wildman–Crippen MR) is 72.6 cm³/mol. The van der Waals surface area contributed by atoms with E-state index in [-0.39, 0.29) is 10.6 Å². The molecule has 0 heterocycles. The standard InChI is InChI=1S/C13H18N2O3S/c1-15(7-9-18-2)8-10-19(16,17)13-5-3-12(11-14)4-6-13/h3-6H,7-10H2,1-2H3. The molecule has 104 valence electrons. The van der Waals surface area contributed by atoms with Crippen molar-refractivity contribution in [2.24, 2.45) is 0 Å². The fourth-order valence-electron chi connectivity index (χ4n) is 1.49. The minimum Gasteiger partial charge on any atom is -0.383 e. The minimum absolute atomic E-state index is 0.0547. The molecule has 0 N–H and O–H groups in total. The third-order valence-electron chi connectivity index (χ3n) is 2.76. The third kappa shape index (κ3) is 4.99. The van der Waals surface area contributed by atoms with Crippen LogP contribution in [-0.2, 0) is 14.6 Å². The van der Waals surface area contributed by atoms with Gasteiger partial charge in [-0.25, -0.2) is 8.42 Å². The van der Waals surface area contributed by atoms with Gasteiger partial charge in [0.15, 0.2) is 9.84 Å². The van der Waals surface area contributed by atoms with Crippen LogP contribution in [0.4, 0.5) is 0 Å². The summed E-state index contributed by atoms with van der Waals surface area (Å²) in [6.07, 6.45) is 0. The van der Waals surface area contributed by atoms with E-state index in [1.54, 1.807) is 7.11 Å². The number of hydrogen-bond acceptors (Lipinski definition) is 5. The van der Waals surface area contributed by atoms with E-state index in [1.807, 2.05) is 18.0 Å². The smallest absolute Gasteiger partial charge is 0.179 e. The van der Waals surface area contributed by atoms with Crippen LogP contribution in [0.1, 0.15) is 5.56 Å². The molecule has 0 aliphatic carbocycles. The van der Waals surface area contributed by atoms with Crippen LogP contribution in [0, 0.1) is 11.3 Å². The first kappa shape index (κ1) is 15.6. The van der Waals surface area contributed by atoms with Crippen molar-refractivity contribution in [2.45, 2.75) is 4.90 Å². The van der Waals surface area contributed by atoms with Crippen molar-refractivity contribution in [3.8, 4) is 6.07 Å². The highest BCUT2D eigenvalue weighted by Crippen LogP contribution is 2.12. The Morgan fingerprint density at radius 3 is 2.42 bits per heavy atom. The lowest BCUT2D eigenvalue weighted by molar-refractivity contribution is 0.164. The van der Waals surface area contributed by atoms with Gasteiger partial charge in [-0.2, -0.15) is 5.26 Å². The van der Waals surface area contributed by atoms with Gasteiger partial charge in [-0.15, -0.1) is 0 Å². The molecule has 0 radical (unpaired) electrons. The Morgan fingerprint density at radius 2 is 1.89 bits per heavy atom. The number of ether oxygens (including phenoxy) is 1. The maximum absolute atomic E-state index is 12.1. The molecule has 0 spiro atoms. The van der Waals surface area contributed by atoms with Crippen molar-refractivity contribution in [1.29, 1.82) is 5.26 Å². The molecule has 1 aromatic carbocycles. The molecule has 1 aromatic rings. The molecule has 0 bridgehead atoms. The zero-order valence-electron chi connectivity index (χ0n) is 11.2. The van der Waals surface area contributed by atoms with Gasteiger partial charge >= 0.3 is 0 Å². The molecule has 19 heavy (non-hydrogen) atoms. The maximum atomic E-state index is 12.1. The van der Waals surface area contributed by atoms with Crippen molar-refractivity contribution < 1.29 is 13.2 Å². The average Bonchev–Trinajstić information content (AvgIpc) is 2.43. The maximum Gasteiger partial charge on any atom is 0.179 e. The zero-order chi connectivity index (χ0) is 14.3. The van der Waals surface area contributed by atoms with Crippen molar-refractivity contribution in [2.75, 3.05) is 39.6 Å². The van der Waals surface area contributed by atoms with Crippen LogP contribution in [0.15, 0.2) is 29.2 Å². The number of nitrogens with zero attached hydrogens (tertiary/aromatic N) is 2. The summed E-state index contributed by atoms with van der Waals surface area (Å²) in [5.41, 5.74) is 0.455. The van der Waals surface area contributed by atoms with Crippen LogP contribution in [0.2, 0.25) is 0 Å².